The highest BCUT2D eigenvalue weighted by molar-refractivity contribution is 7.89. The molecule has 0 aromatic heterocycles. The first-order chi connectivity index (χ1) is 7.98. The van der Waals surface area contributed by atoms with Gasteiger partial charge in [0.05, 0.1) is 5.75 Å². The zero-order valence-electron chi connectivity index (χ0n) is 10.7. The maximum absolute atomic E-state index is 12.4. The second-order valence-corrected chi connectivity index (χ2v) is 7.16. The molecule has 0 radical (unpaired) electrons. The predicted octanol–water partition coefficient (Wildman–Crippen LogP) is 2.71. The van der Waals surface area contributed by atoms with Crippen molar-refractivity contribution in [1.29, 1.82) is 0 Å². The highest BCUT2D eigenvalue weighted by Gasteiger charge is 2.36. The van der Waals surface area contributed by atoms with E-state index in [0.29, 0.717) is 4.31 Å². The molecule has 0 bridgehead atoms. The van der Waals surface area contributed by atoms with Gasteiger partial charge in [-0.05, 0) is 11.8 Å². The average molecular weight is 310 g/mol. The van der Waals surface area contributed by atoms with Crippen molar-refractivity contribution < 1.29 is 21.6 Å². The van der Waals surface area contributed by atoms with Crippen molar-refractivity contribution in [2.24, 2.45) is 11.8 Å². The monoisotopic (exact) mass is 309 g/mol. The molecule has 1 atom stereocenters. The van der Waals surface area contributed by atoms with Gasteiger partial charge in [-0.3, -0.25) is 0 Å². The predicted molar refractivity (Wildman–Crippen MR) is 66.1 cm³/mol. The maximum Gasteiger partial charge on any atom is 0.402 e. The summed E-state index contributed by atoms with van der Waals surface area (Å²) < 4.78 is 61.4. The third kappa shape index (κ3) is 7.43. The number of hydrogen-bond acceptors (Lipinski definition) is 2. The van der Waals surface area contributed by atoms with Crippen molar-refractivity contribution in [3.8, 4) is 0 Å². The first-order valence-electron chi connectivity index (χ1n) is 5.58. The van der Waals surface area contributed by atoms with E-state index < -0.39 is 22.7 Å². The molecule has 0 rings (SSSR count). The molecule has 0 aromatic carbocycles. The number of halogens is 4. The summed E-state index contributed by atoms with van der Waals surface area (Å²) in [5.41, 5.74) is 0. The third-order valence-corrected chi connectivity index (χ3v) is 4.66. The molecule has 0 fully saturated rings. The van der Waals surface area contributed by atoms with Crippen molar-refractivity contribution in [2.75, 3.05) is 24.7 Å². The molecule has 110 valence electrons. The van der Waals surface area contributed by atoms with E-state index >= 15 is 0 Å². The molecule has 8 heteroatoms. The van der Waals surface area contributed by atoms with Crippen molar-refractivity contribution >= 4 is 21.6 Å². The first-order valence-corrected chi connectivity index (χ1v) is 7.73. The Kier molecular flexibility index (Phi) is 6.95. The summed E-state index contributed by atoms with van der Waals surface area (Å²) in [6.07, 6.45) is -4.54. The molecular weight excluding hydrogens is 291 g/mol. The van der Waals surface area contributed by atoms with Crippen LogP contribution in [0.2, 0.25) is 0 Å². The van der Waals surface area contributed by atoms with Gasteiger partial charge < -0.3 is 0 Å². The van der Waals surface area contributed by atoms with Crippen LogP contribution in [0.1, 0.15) is 20.8 Å². The minimum Gasteiger partial charge on any atom is -0.212 e. The van der Waals surface area contributed by atoms with E-state index in [0.717, 1.165) is 0 Å². The second-order valence-electron chi connectivity index (χ2n) is 4.84. The van der Waals surface area contributed by atoms with Gasteiger partial charge in [-0.15, -0.1) is 11.6 Å². The summed E-state index contributed by atoms with van der Waals surface area (Å²) in [7, 11) is -3.93. The second kappa shape index (κ2) is 6.96. The van der Waals surface area contributed by atoms with Crippen LogP contribution in [0.15, 0.2) is 0 Å². The molecule has 0 aliphatic carbocycles. The molecule has 0 aromatic rings. The van der Waals surface area contributed by atoms with Gasteiger partial charge in [-0.25, -0.2) is 8.42 Å². The molecule has 0 aliphatic heterocycles. The SMILES string of the molecule is CC(C)CN(CC(F)(F)F)S(=O)(=O)CC(C)CCl. The fourth-order valence-electron chi connectivity index (χ4n) is 1.39. The molecule has 0 saturated carbocycles. The fourth-order valence-corrected chi connectivity index (χ4v) is 3.55. The van der Waals surface area contributed by atoms with Crippen molar-refractivity contribution in [2.45, 2.75) is 26.9 Å². The highest BCUT2D eigenvalue weighted by atomic mass is 35.5. The van der Waals surface area contributed by atoms with E-state index in [1.165, 1.54) is 0 Å². The van der Waals surface area contributed by atoms with Gasteiger partial charge in [0.1, 0.15) is 6.54 Å². The minimum atomic E-state index is -4.54. The minimum absolute atomic E-state index is 0.0980. The standard InChI is InChI=1S/C10H19ClF3NO2S/c1-8(2)5-15(7-10(12,13)14)18(16,17)6-9(3)4-11/h8-9H,4-7H2,1-3H3. The van der Waals surface area contributed by atoms with E-state index in [4.69, 9.17) is 11.6 Å². The number of alkyl halides is 4. The van der Waals surface area contributed by atoms with Crippen LogP contribution in [0.4, 0.5) is 13.2 Å². The van der Waals surface area contributed by atoms with Crippen molar-refractivity contribution in [3.05, 3.63) is 0 Å². The summed E-state index contributed by atoms with van der Waals surface area (Å²) in [6.45, 7) is 3.35. The molecule has 0 saturated heterocycles. The van der Waals surface area contributed by atoms with E-state index in [1.807, 2.05) is 0 Å². The summed E-state index contributed by atoms with van der Waals surface area (Å²) in [5.74, 6) is -0.812. The normalized spacial score (nSPS) is 15.4. The van der Waals surface area contributed by atoms with Gasteiger partial charge in [-0.2, -0.15) is 17.5 Å². The Hall–Kier alpha value is -0.0100. The Morgan fingerprint density at radius 3 is 2.06 bits per heavy atom. The Morgan fingerprint density at radius 1 is 1.22 bits per heavy atom. The van der Waals surface area contributed by atoms with Crippen LogP contribution in [0.25, 0.3) is 0 Å². The number of nitrogens with zero attached hydrogens (tertiary/aromatic N) is 1. The van der Waals surface area contributed by atoms with Gasteiger partial charge in [-0.1, -0.05) is 20.8 Å². The zero-order chi connectivity index (χ0) is 14.6. The molecule has 0 N–H and O–H groups in total. The summed E-state index contributed by atoms with van der Waals surface area (Å²) >= 11 is 5.50. The Labute approximate surface area is 111 Å². The van der Waals surface area contributed by atoms with E-state index in [-0.39, 0.29) is 30.0 Å². The van der Waals surface area contributed by atoms with Gasteiger partial charge in [0.2, 0.25) is 10.0 Å². The Morgan fingerprint density at radius 2 is 1.72 bits per heavy atom. The van der Waals surface area contributed by atoms with Gasteiger partial charge in [0.25, 0.3) is 0 Å². The number of hydrogen-bond donors (Lipinski definition) is 0. The summed E-state index contributed by atoms with van der Waals surface area (Å²) in [5, 5.41) is 0. The molecule has 1 unspecified atom stereocenters. The molecular formula is C10H19ClF3NO2S. The van der Waals surface area contributed by atoms with Crippen LogP contribution < -0.4 is 0 Å². The maximum atomic E-state index is 12.4. The highest BCUT2D eigenvalue weighted by Crippen LogP contribution is 2.21. The van der Waals surface area contributed by atoms with E-state index in [1.54, 1.807) is 20.8 Å². The lowest BCUT2D eigenvalue weighted by Gasteiger charge is -2.26. The lowest BCUT2D eigenvalue weighted by atomic mass is 10.2. The third-order valence-electron chi connectivity index (χ3n) is 2.08. The van der Waals surface area contributed by atoms with Gasteiger partial charge >= 0.3 is 6.18 Å². The quantitative estimate of drug-likeness (QED) is 0.678. The lowest BCUT2D eigenvalue weighted by molar-refractivity contribution is -0.136. The van der Waals surface area contributed by atoms with Crippen LogP contribution >= 0.6 is 11.6 Å². The van der Waals surface area contributed by atoms with Gasteiger partial charge in [0, 0.05) is 12.4 Å². The fraction of sp³-hybridized carbons (Fsp3) is 1.00. The summed E-state index contributed by atoms with van der Waals surface area (Å²) in [6, 6.07) is 0. The average Bonchev–Trinajstić information content (AvgIpc) is 2.12. The largest absolute Gasteiger partial charge is 0.402 e. The Bertz CT molecular complexity index is 344. The number of rotatable bonds is 7. The van der Waals surface area contributed by atoms with Crippen LogP contribution in [0, 0.1) is 11.8 Å². The smallest absolute Gasteiger partial charge is 0.212 e. The van der Waals surface area contributed by atoms with Crippen LogP contribution in [-0.2, 0) is 10.0 Å². The van der Waals surface area contributed by atoms with Crippen LogP contribution in [0.5, 0.6) is 0 Å². The zero-order valence-corrected chi connectivity index (χ0v) is 12.2. The molecule has 18 heavy (non-hydrogen) atoms. The van der Waals surface area contributed by atoms with E-state index in [2.05, 4.69) is 0 Å². The molecule has 0 amide bonds. The Balaban J connectivity index is 4.94. The van der Waals surface area contributed by atoms with Crippen molar-refractivity contribution in [1.82, 2.24) is 4.31 Å². The van der Waals surface area contributed by atoms with Crippen LogP contribution in [0.3, 0.4) is 0 Å². The number of sulfonamides is 1. The van der Waals surface area contributed by atoms with Crippen molar-refractivity contribution in [3.63, 3.8) is 0 Å². The topological polar surface area (TPSA) is 37.4 Å². The molecule has 0 spiro atoms. The summed E-state index contributed by atoms with van der Waals surface area (Å²) in [4.78, 5) is 0. The molecule has 0 aliphatic rings. The van der Waals surface area contributed by atoms with Gasteiger partial charge in [0.15, 0.2) is 0 Å². The van der Waals surface area contributed by atoms with E-state index in [9.17, 15) is 21.6 Å². The molecule has 3 nitrogen and oxygen atoms in total. The lowest BCUT2D eigenvalue weighted by Crippen LogP contribution is -2.43. The first kappa shape index (κ1) is 18.0. The van der Waals surface area contributed by atoms with Crippen LogP contribution in [-0.4, -0.2) is 43.6 Å². The molecule has 0 heterocycles.